The minimum absolute atomic E-state index is 0.0505. The standard InChI is InChI=1S/C10H16N2O4/c1-6(2)12-5-7(3-8(12)13)10(16)11-4-9(14)15/h6-7H,3-5H2,1-2H3,(H,11,16)(H,14,15). The van der Waals surface area contributed by atoms with Gasteiger partial charge in [-0.2, -0.15) is 0 Å². The van der Waals surface area contributed by atoms with Crippen LogP contribution >= 0.6 is 0 Å². The van der Waals surface area contributed by atoms with Gasteiger partial charge in [0, 0.05) is 19.0 Å². The van der Waals surface area contributed by atoms with E-state index in [0.717, 1.165) is 0 Å². The summed E-state index contributed by atoms with van der Waals surface area (Å²) in [5, 5.41) is 10.7. The van der Waals surface area contributed by atoms with E-state index in [-0.39, 0.29) is 24.3 Å². The van der Waals surface area contributed by atoms with Crippen LogP contribution in [0.5, 0.6) is 0 Å². The van der Waals surface area contributed by atoms with Gasteiger partial charge in [-0.25, -0.2) is 0 Å². The molecule has 6 nitrogen and oxygen atoms in total. The lowest BCUT2D eigenvalue weighted by atomic mass is 10.1. The molecule has 0 saturated carbocycles. The van der Waals surface area contributed by atoms with E-state index in [0.29, 0.717) is 6.54 Å². The smallest absolute Gasteiger partial charge is 0.322 e. The minimum atomic E-state index is -1.08. The molecule has 2 N–H and O–H groups in total. The number of hydrogen-bond donors (Lipinski definition) is 2. The number of carbonyl (C=O) groups excluding carboxylic acids is 2. The summed E-state index contributed by atoms with van der Waals surface area (Å²) in [7, 11) is 0. The monoisotopic (exact) mass is 228 g/mol. The topological polar surface area (TPSA) is 86.7 Å². The van der Waals surface area contributed by atoms with Crippen LogP contribution in [0.3, 0.4) is 0 Å². The Labute approximate surface area is 93.6 Å². The van der Waals surface area contributed by atoms with Crippen LogP contribution in [-0.4, -0.2) is 46.9 Å². The maximum absolute atomic E-state index is 11.5. The lowest BCUT2D eigenvalue weighted by molar-refractivity contribution is -0.138. The fourth-order valence-corrected chi connectivity index (χ4v) is 1.71. The zero-order valence-electron chi connectivity index (χ0n) is 9.40. The number of hydrogen-bond acceptors (Lipinski definition) is 3. The molecule has 6 heteroatoms. The number of carboxylic acids is 1. The Morgan fingerprint density at radius 3 is 2.62 bits per heavy atom. The number of nitrogens with zero attached hydrogens (tertiary/aromatic N) is 1. The largest absolute Gasteiger partial charge is 0.480 e. The summed E-state index contributed by atoms with van der Waals surface area (Å²) in [6.07, 6.45) is 0.170. The third-order valence-electron chi connectivity index (χ3n) is 2.57. The normalized spacial score (nSPS) is 20.3. The van der Waals surface area contributed by atoms with E-state index < -0.39 is 18.4 Å². The molecule has 1 heterocycles. The molecule has 2 amide bonds. The van der Waals surface area contributed by atoms with Gasteiger partial charge in [-0.3, -0.25) is 14.4 Å². The molecular weight excluding hydrogens is 212 g/mol. The molecule has 1 unspecified atom stereocenters. The maximum Gasteiger partial charge on any atom is 0.322 e. The van der Waals surface area contributed by atoms with Gasteiger partial charge in [0.1, 0.15) is 6.54 Å². The highest BCUT2D eigenvalue weighted by atomic mass is 16.4. The number of likely N-dealkylation sites (tertiary alicyclic amines) is 1. The van der Waals surface area contributed by atoms with Gasteiger partial charge in [0.2, 0.25) is 11.8 Å². The minimum Gasteiger partial charge on any atom is -0.480 e. The predicted octanol–water partition coefficient (Wildman–Crippen LogP) is -0.556. The third-order valence-corrected chi connectivity index (χ3v) is 2.57. The predicted molar refractivity (Wildman–Crippen MR) is 55.6 cm³/mol. The van der Waals surface area contributed by atoms with Gasteiger partial charge in [0.15, 0.2) is 0 Å². The van der Waals surface area contributed by atoms with Crippen molar-refractivity contribution in [3.63, 3.8) is 0 Å². The summed E-state index contributed by atoms with van der Waals surface area (Å²) in [5.74, 6) is -1.92. The maximum atomic E-state index is 11.5. The highest BCUT2D eigenvalue weighted by molar-refractivity contribution is 5.90. The van der Waals surface area contributed by atoms with E-state index in [1.54, 1.807) is 4.90 Å². The van der Waals surface area contributed by atoms with E-state index in [1.165, 1.54) is 0 Å². The van der Waals surface area contributed by atoms with Crippen molar-refractivity contribution in [2.24, 2.45) is 5.92 Å². The average Bonchev–Trinajstić information content (AvgIpc) is 2.56. The van der Waals surface area contributed by atoms with E-state index >= 15 is 0 Å². The molecule has 16 heavy (non-hydrogen) atoms. The lowest BCUT2D eigenvalue weighted by Gasteiger charge is -2.20. The van der Waals surface area contributed by atoms with Crippen molar-refractivity contribution >= 4 is 17.8 Å². The van der Waals surface area contributed by atoms with E-state index in [1.807, 2.05) is 13.8 Å². The first-order valence-corrected chi connectivity index (χ1v) is 5.20. The molecule has 0 aromatic carbocycles. The Morgan fingerprint density at radius 2 is 2.19 bits per heavy atom. The number of rotatable bonds is 4. The molecule has 1 aliphatic heterocycles. The number of carboxylic acid groups (broad SMARTS) is 1. The van der Waals surface area contributed by atoms with Gasteiger partial charge in [0.25, 0.3) is 0 Å². The van der Waals surface area contributed by atoms with Gasteiger partial charge in [-0.05, 0) is 13.8 Å². The van der Waals surface area contributed by atoms with Crippen molar-refractivity contribution in [1.29, 1.82) is 0 Å². The van der Waals surface area contributed by atoms with Crippen LogP contribution in [-0.2, 0) is 14.4 Å². The molecule has 0 radical (unpaired) electrons. The van der Waals surface area contributed by atoms with Crippen molar-refractivity contribution < 1.29 is 19.5 Å². The van der Waals surface area contributed by atoms with Gasteiger partial charge >= 0.3 is 5.97 Å². The molecule has 1 saturated heterocycles. The molecule has 90 valence electrons. The number of aliphatic carboxylic acids is 1. The SMILES string of the molecule is CC(C)N1CC(C(=O)NCC(=O)O)CC1=O. The Bertz CT molecular complexity index is 314. The zero-order chi connectivity index (χ0) is 12.3. The van der Waals surface area contributed by atoms with Crippen molar-refractivity contribution in [3.05, 3.63) is 0 Å². The van der Waals surface area contributed by atoms with Crippen molar-refractivity contribution in [2.75, 3.05) is 13.1 Å². The number of nitrogens with one attached hydrogen (secondary N) is 1. The van der Waals surface area contributed by atoms with Crippen molar-refractivity contribution in [3.8, 4) is 0 Å². The molecule has 0 aromatic heterocycles. The second kappa shape index (κ2) is 4.96. The zero-order valence-corrected chi connectivity index (χ0v) is 9.40. The van der Waals surface area contributed by atoms with Crippen LogP contribution < -0.4 is 5.32 Å². The summed E-state index contributed by atoms with van der Waals surface area (Å²) < 4.78 is 0. The molecule has 0 bridgehead atoms. The Morgan fingerprint density at radius 1 is 1.56 bits per heavy atom. The fourth-order valence-electron chi connectivity index (χ4n) is 1.71. The number of carbonyl (C=O) groups is 3. The van der Waals surface area contributed by atoms with E-state index in [9.17, 15) is 14.4 Å². The van der Waals surface area contributed by atoms with Crippen molar-refractivity contribution in [2.45, 2.75) is 26.3 Å². The van der Waals surface area contributed by atoms with E-state index in [2.05, 4.69) is 5.32 Å². The highest BCUT2D eigenvalue weighted by Gasteiger charge is 2.35. The molecule has 0 aliphatic carbocycles. The Hall–Kier alpha value is -1.59. The Kier molecular flexibility index (Phi) is 3.87. The summed E-state index contributed by atoms with van der Waals surface area (Å²) >= 11 is 0. The van der Waals surface area contributed by atoms with Gasteiger partial charge in [0.05, 0.1) is 5.92 Å². The molecule has 0 aromatic rings. The molecule has 1 rings (SSSR count). The van der Waals surface area contributed by atoms with Crippen molar-refractivity contribution in [1.82, 2.24) is 10.2 Å². The fraction of sp³-hybridized carbons (Fsp3) is 0.700. The lowest BCUT2D eigenvalue weighted by Crippen LogP contribution is -2.37. The van der Waals surface area contributed by atoms with Crippen LogP contribution in [0.1, 0.15) is 20.3 Å². The third kappa shape index (κ3) is 2.95. The summed E-state index contributed by atoms with van der Waals surface area (Å²) in [6, 6.07) is 0.0739. The van der Waals surface area contributed by atoms with Crippen LogP contribution in [0.4, 0.5) is 0 Å². The quantitative estimate of drug-likeness (QED) is 0.675. The molecule has 1 atom stereocenters. The van der Waals surface area contributed by atoms with Crippen LogP contribution in [0.25, 0.3) is 0 Å². The Balaban J connectivity index is 2.48. The van der Waals surface area contributed by atoms with Gasteiger partial charge in [-0.1, -0.05) is 0 Å². The van der Waals surface area contributed by atoms with Crippen LogP contribution in [0.15, 0.2) is 0 Å². The number of amides is 2. The average molecular weight is 228 g/mol. The van der Waals surface area contributed by atoms with Gasteiger partial charge < -0.3 is 15.3 Å². The molecule has 1 fully saturated rings. The highest BCUT2D eigenvalue weighted by Crippen LogP contribution is 2.19. The second-order valence-electron chi connectivity index (χ2n) is 4.15. The summed E-state index contributed by atoms with van der Waals surface area (Å²) in [6.45, 7) is 3.75. The summed E-state index contributed by atoms with van der Waals surface area (Å²) in [5.41, 5.74) is 0. The molecule has 1 aliphatic rings. The van der Waals surface area contributed by atoms with Crippen LogP contribution in [0, 0.1) is 5.92 Å². The van der Waals surface area contributed by atoms with E-state index in [4.69, 9.17) is 5.11 Å². The van der Waals surface area contributed by atoms with Gasteiger partial charge in [-0.15, -0.1) is 0 Å². The first-order valence-electron chi connectivity index (χ1n) is 5.20. The first-order chi connectivity index (χ1) is 7.41. The molecule has 0 spiro atoms. The first kappa shape index (κ1) is 12.5. The van der Waals surface area contributed by atoms with Crippen LogP contribution in [0.2, 0.25) is 0 Å². The summed E-state index contributed by atoms with van der Waals surface area (Å²) in [4.78, 5) is 34.9. The molecular formula is C10H16N2O4. The second-order valence-corrected chi connectivity index (χ2v) is 4.15.